The molecule has 2 aromatic carbocycles. The van der Waals surface area contributed by atoms with E-state index in [-0.39, 0.29) is 38.9 Å². The normalized spacial score (nSPS) is 11.9. The van der Waals surface area contributed by atoms with Crippen molar-refractivity contribution >= 4 is 23.7 Å². The van der Waals surface area contributed by atoms with Crippen LogP contribution in [-0.4, -0.2) is 29.3 Å². The van der Waals surface area contributed by atoms with Crippen LogP contribution in [0.4, 0.5) is 0 Å². The van der Waals surface area contributed by atoms with Gasteiger partial charge in [0.05, 0.1) is 0 Å². The van der Waals surface area contributed by atoms with E-state index < -0.39 is 40.1 Å². The van der Waals surface area contributed by atoms with E-state index >= 15 is 0 Å². The number of rotatable bonds is 12. The second kappa shape index (κ2) is 13.4. The Morgan fingerprint density at radius 3 is 1.37 bits per heavy atom. The van der Waals surface area contributed by atoms with E-state index in [0.717, 1.165) is 11.1 Å². The maximum Gasteiger partial charge on any atom is 0.320 e. The van der Waals surface area contributed by atoms with Crippen LogP contribution in [0.5, 0.6) is 0 Å². The average molecular weight is 525 g/mol. The van der Waals surface area contributed by atoms with Gasteiger partial charge in [0.2, 0.25) is 0 Å². The first-order chi connectivity index (χ1) is 17.7. The van der Waals surface area contributed by atoms with Crippen molar-refractivity contribution < 1.29 is 33.4 Å². The van der Waals surface area contributed by atoms with Crippen LogP contribution >= 0.6 is 0 Å². The van der Waals surface area contributed by atoms with Crippen LogP contribution in [0.15, 0.2) is 60.7 Å². The largest absolute Gasteiger partial charge is 0.461 e. The van der Waals surface area contributed by atoms with Crippen molar-refractivity contribution in [3.8, 4) is 0 Å². The maximum atomic E-state index is 13.8. The zero-order valence-corrected chi connectivity index (χ0v) is 23.4. The van der Waals surface area contributed by atoms with Crippen LogP contribution in [0, 0.1) is 10.8 Å². The lowest BCUT2D eigenvalue weighted by Gasteiger charge is -2.37. The maximum absolute atomic E-state index is 13.8. The Kier molecular flexibility index (Phi) is 10.8. The third-order valence-corrected chi connectivity index (χ3v) is 5.90. The molecule has 0 saturated heterocycles. The highest BCUT2D eigenvalue weighted by Gasteiger charge is 2.51. The summed E-state index contributed by atoms with van der Waals surface area (Å²) in [7, 11) is 0. The average Bonchev–Trinajstić information content (AvgIpc) is 2.85. The lowest BCUT2D eigenvalue weighted by Crippen LogP contribution is -2.49. The molecule has 0 saturated carbocycles. The first-order valence-electron chi connectivity index (χ1n) is 12.9. The molecule has 0 aromatic heterocycles. The number of esters is 3. The zero-order valence-electron chi connectivity index (χ0n) is 23.4. The molecule has 7 heteroatoms. The van der Waals surface area contributed by atoms with Crippen molar-refractivity contribution in [1.29, 1.82) is 0 Å². The molecule has 206 valence electrons. The van der Waals surface area contributed by atoms with Crippen molar-refractivity contribution in [2.45, 2.75) is 86.0 Å². The Morgan fingerprint density at radius 2 is 1.03 bits per heavy atom. The fourth-order valence-electron chi connectivity index (χ4n) is 3.99. The van der Waals surface area contributed by atoms with E-state index in [4.69, 9.17) is 14.2 Å². The SMILES string of the molecule is CC(C)(C)OC(=O)C(CCC(=O)OCc1ccccc1)(CCC(=O)OCc1ccccc1)C(=O)C(C)(C)C. The van der Waals surface area contributed by atoms with Crippen molar-refractivity contribution in [2.24, 2.45) is 10.8 Å². The predicted octanol–water partition coefficient (Wildman–Crippen LogP) is 5.98. The van der Waals surface area contributed by atoms with Gasteiger partial charge in [0.25, 0.3) is 0 Å². The summed E-state index contributed by atoms with van der Waals surface area (Å²) >= 11 is 0. The standard InChI is InChI=1S/C31H40O7/c1-29(2,3)27(34)31(28(35)38-30(4,5)6,19-17-25(32)36-21-23-13-9-7-10-14-23)20-18-26(33)37-22-24-15-11-8-12-16-24/h7-16H,17-22H2,1-6H3. The molecular weight excluding hydrogens is 484 g/mol. The van der Waals surface area contributed by atoms with E-state index in [1.54, 1.807) is 41.5 Å². The second-order valence-corrected chi connectivity index (χ2v) is 11.5. The molecule has 0 fully saturated rings. The molecule has 0 aliphatic heterocycles. The van der Waals surface area contributed by atoms with E-state index in [9.17, 15) is 19.2 Å². The van der Waals surface area contributed by atoms with Gasteiger partial charge >= 0.3 is 17.9 Å². The number of ketones is 1. The number of Topliss-reactive ketones (excluding diaryl/α,β-unsaturated/α-hetero) is 1. The van der Waals surface area contributed by atoms with Gasteiger partial charge in [0.1, 0.15) is 24.2 Å². The molecule has 38 heavy (non-hydrogen) atoms. The molecule has 0 unspecified atom stereocenters. The van der Waals surface area contributed by atoms with E-state index in [1.165, 1.54) is 0 Å². The number of carbonyl (C=O) groups excluding carboxylic acids is 4. The minimum atomic E-state index is -1.72. The molecule has 2 rings (SSSR count). The molecule has 0 aliphatic carbocycles. The first-order valence-corrected chi connectivity index (χ1v) is 12.9. The zero-order chi connectivity index (χ0) is 28.4. The summed E-state index contributed by atoms with van der Waals surface area (Å²) < 4.78 is 16.5. The smallest absolute Gasteiger partial charge is 0.320 e. The topological polar surface area (TPSA) is 96.0 Å². The minimum Gasteiger partial charge on any atom is -0.461 e. The van der Waals surface area contributed by atoms with Gasteiger partial charge in [0, 0.05) is 18.3 Å². The van der Waals surface area contributed by atoms with Gasteiger partial charge in [-0.15, -0.1) is 0 Å². The summed E-state index contributed by atoms with van der Waals surface area (Å²) in [5.41, 5.74) is -1.87. The highest BCUT2D eigenvalue weighted by atomic mass is 16.6. The van der Waals surface area contributed by atoms with Crippen molar-refractivity contribution in [1.82, 2.24) is 0 Å². The molecule has 0 amide bonds. The summed E-state index contributed by atoms with van der Waals surface area (Å²) in [5.74, 6) is -2.24. The molecule has 0 atom stereocenters. The van der Waals surface area contributed by atoms with Gasteiger partial charge in [-0.2, -0.15) is 0 Å². The van der Waals surface area contributed by atoms with Gasteiger partial charge in [-0.1, -0.05) is 81.4 Å². The molecule has 0 bridgehead atoms. The summed E-state index contributed by atoms with van der Waals surface area (Å²) in [5, 5.41) is 0. The summed E-state index contributed by atoms with van der Waals surface area (Å²) in [4.78, 5) is 52.7. The van der Waals surface area contributed by atoms with Gasteiger partial charge in [-0.3, -0.25) is 19.2 Å². The molecule has 0 N–H and O–H groups in total. The molecule has 0 radical (unpaired) electrons. The van der Waals surface area contributed by atoms with Gasteiger partial charge in [-0.05, 0) is 44.7 Å². The highest BCUT2D eigenvalue weighted by molar-refractivity contribution is 6.06. The van der Waals surface area contributed by atoms with Crippen LogP contribution in [0.25, 0.3) is 0 Å². The summed E-state index contributed by atoms with van der Waals surface area (Å²) in [6, 6.07) is 18.4. The quantitative estimate of drug-likeness (QED) is 0.191. The monoisotopic (exact) mass is 524 g/mol. The Labute approximate surface area is 225 Å². The molecule has 7 nitrogen and oxygen atoms in total. The molecular formula is C31H40O7. The second-order valence-electron chi connectivity index (χ2n) is 11.5. The van der Waals surface area contributed by atoms with E-state index in [1.807, 2.05) is 60.7 Å². The van der Waals surface area contributed by atoms with Gasteiger partial charge in [0.15, 0.2) is 5.78 Å². The Balaban J connectivity index is 2.23. The van der Waals surface area contributed by atoms with Crippen LogP contribution < -0.4 is 0 Å². The molecule has 0 spiro atoms. The van der Waals surface area contributed by atoms with Gasteiger partial charge < -0.3 is 14.2 Å². The van der Waals surface area contributed by atoms with Crippen molar-refractivity contribution in [3.05, 3.63) is 71.8 Å². The van der Waals surface area contributed by atoms with Crippen molar-refractivity contribution in [2.75, 3.05) is 0 Å². The summed E-state index contributed by atoms with van der Waals surface area (Å²) in [6.45, 7) is 10.4. The molecule has 2 aromatic rings. The van der Waals surface area contributed by atoms with Crippen LogP contribution in [-0.2, 0) is 46.6 Å². The van der Waals surface area contributed by atoms with Crippen molar-refractivity contribution in [3.63, 3.8) is 0 Å². The van der Waals surface area contributed by atoms with Crippen LogP contribution in [0.2, 0.25) is 0 Å². The molecule has 0 heterocycles. The number of hydrogen-bond donors (Lipinski definition) is 0. The van der Waals surface area contributed by atoms with E-state index in [2.05, 4.69) is 0 Å². The third kappa shape index (κ3) is 9.77. The fourth-order valence-corrected chi connectivity index (χ4v) is 3.99. The molecule has 0 aliphatic rings. The van der Waals surface area contributed by atoms with Crippen LogP contribution in [0.3, 0.4) is 0 Å². The van der Waals surface area contributed by atoms with E-state index in [0.29, 0.717) is 0 Å². The predicted molar refractivity (Wildman–Crippen MR) is 144 cm³/mol. The van der Waals surface area contributed by atoms with Crippen LogP contribution in [0.1, 0.15) is 78.4 Å². The number of hydrogen-bond acceptors (Lipinski definition) is 7. The number of carbonyl (C=O) groups is 4. The third-order valence-electron chi connectivity index (χ3n) is 5.90. The van der Waals surface area contributed by atoms with Gasteiger partial charge in [-0.25, -0.2) is 0 Å². The number of ether oxygens (including phenoxy) is 3. The highest BCUT2D eigenvalue weighted by Crippen LogP contribution is 2.40. The fraction of sp³-hybridized carbons (Fsp3) is 0.484. The first kappa shape index (κ1) is 30.7. The minimum absolute atomic E-state index is 0.0815. The number of benzene rings is 2. The summed E-state index contributed by atoms with van der Waals surface area (Å²) in [6.07, 6.45) is -0.658. The Hall–Kier alpha value is -3.48. The Bertz CT molecular complexity index is 1020. The lowest BCUT2D eigenvalue weighted by molar-refractivity contribution is -0.175. The lowest BCUT2D eigenvalue weighted by atomic mass is 9.67. The Morgan fingerprint density at radius 1 is 0.632 bits per heavy atom.